The highest BCUT2D eigenvalue weighted by Crippen LogP contribution is 2.32. The largest absolute Gasteiger partial charge is 0.504 e. The number of hydrogen-bond acceptors (Lipinski definition) is 6. The van der Waals surface area contributed by atoms with Gasteiger partial charge in [0.15, 0.2) is 11.5 Å². The number of nitrogens with one attached hydrogen (secondary N) is 1. The van der Waals surface area contributed by atoms with Crippen LogP contribution in [0, 0.1) is 13.7 Å². The first-order valence-corrected chi connectivity index (χ1v) is 8.23. The topological polar surface area (TPSA) is 114 Å². The molecule has 0 atom stereocenters. The van der Waals surface area contributed by atoms with E-state index < -0.39 is 10.8 Å². The molecule has 0 aliphatic rings. The molecule has 0 heterocycles. The van der Waals surface area contributed by atoms with Crippen molar-refractivity contribution in [1.29, 1.82) is 0 Å². The van der Waals surface area contributed by atoms with E-state index >= 15 is 0 Å². The summed E-state index contributed by atoms with van der Waals surface area (Å²) >= 11 is 1.96. The second-order valence-electron chi connectivity index (χ2n) is 4.79. The number of halogens is 1. The fraction of sp³-hybridized carbons (Fsp3) is 0.125. The van der Waals surface area contributed by atoms with Crippen LogP contribution in [0.15, 0.2) is 41.5 Å². The molecule has 2 aromatic rings. The number of ether oxygens (including phenoxy) is 1. The number of nitrogens with zero attached hydrogens (tertiary/aromatic N) is 2. The maximum atomic E-state index is 12.0. The number of nitro groups is 1. The third-order valence-corrected chi connectivity index (χ3v) is 3.87. The van der Waals surface area contributed by atoms with E-state index in [1.54, 1.807) is 19.1 Å². The van der Waals surface area contributed by atoms with Crippen molar-refractivity contribution in [2.45, 2.75) is 6.92 Å². The molecule has 0 bridgehead atoms. The van der Waals surface area contributed by atoms with E-state index in [0.717, 1.165) is 0 Å². The molecule has 0 saturated carbocycles. The van der Waals surface area contributed by atoms with Crippen molar-refractivity contribution < 1.29 is 19.6 Å². The van der Waals surface area contributed by atoms with Crippen molar-refractivity contribution in [1.82, 2.24) is 5.43 Å². The van der Waals surface area contributed by atoms with Gasteiger partial charge in [-0.15, -0.1) is 0 Å². The molecule has 0 spiro atoms. The van der Waals surface area contributed by atoms with Gasteiger partial charge in [0.2, 0.25) is 0 Å². The third kappa shape index (κ3) is 4.89. The lowest BCUT2D eigenvalue weighted by Gasteiger charge is -2.08. The number of aromatic hydroxyl groups is 1. The lowest BCUT2D eigenvalue weighted by molar-refractivity contribution is -0.384. The maximum absolute atomic E-state index is 12.0. The van der Waals surface area contributed by atoms with Gasteiger partial charge in [-0.3, -0.25) is 14.9 Å². The molecule has 8 nitrogen and oxygen atoms in total. The molecule has 0 aliphatic heterocycles. The van der Waals surface area contributed by atoms with Gasteiger partial charge in [0.05, 0.1) is 21.3 Å². The molecule has 0 radical (unpaired) electrons. The van der Waals surface area contributed by atoms with E-state index in [9.17, 15) is 20.0 Å². The summed E-state index contributed by atoms with van der Waals surface area (Å²) in [7, 11) is 0. The van der Waals surface area contributed by atoms with Crippen LogP contribution in [0.1, 0.15) is 22.8 Å². The summed E-state index contributed by atoms with van der Waals surface area (Å²) < 4.78 is 5.90. The second kappa shape index (κ2) is 8.42. The highest BCUT2D eigenvalue weighted by Gasteiger charge is 2.11. The lowest BCUT2D eigenvalue weighted by Crippen LogP contribution is -2.17. The van der Waals surface area contributed by atoms with Crippen molar-refractivity contribution in [3.63, 3.8) is 0 Å². The van der Waals surface area contributed by atoms with Crippen LogP contribution in [-0.4, -0.2) is 28.8 Å². The Kier molecular flexibility index (Phi) is 6.28. The standard InChI is InChI=1S/C16H14IN3O5/c1-2-25-14-7-10(6-13(17)15(14)21)9-18-19-16(22)11-4-3-5-12(8-11)20(23)24/h3-9,21H,2H2,1H3,(H,19,22)/b18-9+. The first-order valence-electron chi connectivity index (χ1n) is 7.15. The Labute approximate surface area is 156 Å². The second-order valence-corrected chi connectivity index (χ2v) is 5.95. The number of carbonyl (C=O) groups excluding carboxylic acids is 1. The summed E-state index contributed by atoms with van der Waals surface area (Å²) in [5.74, 6) is -0.209. The molecule has 2 aromatic carbocycles. The van der Waals surface area contributed by atoms with Crippen LogP contribution in [0.5, 0.6) is 11.5 Å². The van der Waals surface area contributed by atoms with E-state index in [0.29, 0.717) is 21.5 Å². The van der Waals surface area contributed by atoms with E-state index in [4.69, 9.17) is 4.74 Å². The SMILES string of the molecule is CCOc1cc(/C=N/NC(=O)c2cccc([N+](=O)[O-])c2)cc(I)c1O. The van der Waals surface area contributed by atoms with Crippen LogP contribution >= 0.6 is 22.6 Å². The number of amides is 1. The van der Waals surface area contributed by atoms with E-state index in [-0.39, 0.29) is 17.0 Å². The van der Waals surface area contributed by atoms with Gasteiger partial charge in [-0.05, 0) is 53.3 Å². The van der Waals surface area contributed by atoms with Crippen LogP contribution in [0.25, 0.3) is 0 Å². The predicted molar refractivity (Wildman–Crippen MR) is 100 cm³/mol. The number of phenolic OH excluding ortho intramolecular Hbond substituents is 1. The monoisotopic (exact) mass is 455 g/mol. The Morgan fingerprint density at radius 1 is 1.44 bits per heavy atom. The molecular formula is C16H14IN3O5. The Hall–Kier alpha value is -2.69. The molecule has 130 valence electrons. The molecule has 0 fully saturated rings. The van der Waals surface area contributed by atoms with Gasteiger partial charge < -0.3 is 9.84 Å². The van der Waals surface area contributed by atoms with Crippen molar-refractivity contribution in [2.24, 2.45) is 5.10 Å². The van der Waals surface area contributed by atoms with E-state index in [1.165, 1.54) is 30.5 Å². The predicted octanol–water partition coefficient (Wildman–Crippen LogP) is 3.07. The first kappa shape index (κ1) is 18.6. The lowest BCUT2D eigenvalue weighted by atomic mass is 10.2. The Morgan fingerprint density at radius 2 is 2.20 bits per heavy atom. The Balaban J connectivity index is 2.11. The summed E-state index contributed by atoms with van der Waals surface area (Å²) in [4.78, 5) is 22.1. The van der Waals surface area contributed by atoms with Crippen LogP contribution in [0.3, 0.4) is 0 Å². The zero-order chi connectivity index (χ0) is 18.4. The fourth-order valence-electron chi connectivity index (χ4n) is 1.92. The smallest absolute Gasteiger partial charge is 0.271 e. The quantitative estimate of drug-likeness (QED) is 0.301. The minimum Gasteiger partial charge on any atom is -0.504 e. The number of phenols is 1. The number of hydrazone groups is 1. The maximum Gasteiger partial charge on any atom is 0.271 e. The summed E-state index contributed by atoms with van der Waals surface area (Å²) in [6.07, 6.45) is 1.39. The van der Waals surface area contributed by atoms with Gasteiger partial charge >= 0.3 is 0 Å². The Morgan fingerprint density at radius 3 is 2.88 bits per heavy atom. The molecule has 1 amide bonds. The molecule has 0 saturated heterocycles. The van der Waals surface area contributed by atoms with Crippen molar-refractivity contribution in [2.75, 3.05) is 6.61 Å². The van der Waals surface area contributed by atoms with E-state index in [2.05, 4.69) is 10.5 Å². The minimum atomic E-state index is -0.576. The average molecular weight is 455 g/mol. The molecule has 0 aromatic heterocycles. The summed E-state index contributed by atoms with van der Waals surface area (Å²) in [6, 6.07) is 8.60. The average Bonchev–Trinajstić information content (AvgIpc) is 2.59. The van der Waals surface area contributed by atoms with E-state index in [1.807, 2.05) is 22.6 Å². The summed E-state index contributed by atoms with van der Waals surface area (Å²) in [5, 5.41) is 24.4. The van der Waals surface area contributed by atoms with Gasteiger partial charge in [0.1, 0.15) is 0 Å². The molecule has 9 heteroatoms. The van der Waals surface area contributed by atoms with Gasteiger partial charge in [-0.1, -0.05) is 6.07 Å². The van der Waals surface area contributed by atoms with Crippen molar-refractivity contribution in [3.05, 3.63) is 61.2 Å². The summed E-state index contributed by atoms with van der Waals surface area (Å²) in [6.45, 7) is 2.19. The normalized spacial score (nSPS) is 10.6. The number of rotatable bonds is 6. The van der Waals surface area contributed by atoms with Gasteiger partial charge in [-0.2, -0.15) is 5.10 Å². The Bertz CT molecular complexity index is 839. The first-order chi connectivity index (χ1) is 11.9. The zero-order valence-corrected chi connectivity index (χ0v) is 15.3. The van der Waals surface area contributed by atoms with Gasteiger partial charge in [0.25, 0.3) is 11.6 Å². The number of benzene rings is 2. The van der Waals surface area contributed by atoms with Gasteiger partial charge in [-0.25, -0.2) is 5.43 Å². The zero-order valence-electron chi connectivity index (χ0n) is 13.1. The van der Waals surface area contributed by atoms with Crippen LogP contribution in [0.2, 0.25) is 0 Å². The van der Waals surface area contributed by atoms with Crippen molar-refractivity contribution in [3.8, 4) is 11.5 Å². The highest BCUT2D eigenvalue weighted by atomic mass is 127. The highest BCUT2D eigenvalue weighted by molar-refractivity contribution is 14.1. The number of nitro benzene ring substituents is 1. The van der Waals surface area contributed by atoms with Crippen LogP contribution in [0.4, 0.5) is 5.69 Å². The molecule has 0 unspecified atom stereocenters. The molecule has 2 rings (SSSR count). The number of carbonyl (C=O) groups is 1. The molecule has 0 aliphatic carbocycles. The van der Waals surface area contributed by atoms with Gasteiger partial charge in [0, 0.05) is 17.7 Å². The molecular weight excluding hydrogens is 441 g/mol. The minimum absolute atomic E-state index is 0.0419. The van der Waals surface area contributed by atoms with Crippen LogP contribution < -0.4 is 10.2 Å². The fourth-order valence-corrected chi connectivity index (χ4v) is 2.55. The van der Waals surface area contributed by atoms with Crippen molar-refractivity contribution >= 4 is 40.4 Å². The number of hydrogen-bond donors (Lipinski definition) is 2. The molecule has 25 heavy (non-hydrogen) atoms. The summed E-state index contributed by atoms with van der Waals surface area (Å²) in [5.41, 5.74) is 2.87. The molecule has 2 N–H and O–H groups in total. The number of non-ortho nitro benzene ring substituents is 1. The third-order valence-electron chi connectivity index (χ3n) is 3.05. The van der Waals surface area contributed by atoms with Crippen LogP contribution in [-0.2, 0) is 0 Å².